The Bertz CT molecular complexity index is 778. The lowest BCUT2D eigenvalue weighted by Crippen LogP contribution is -2.16. The lowest BCUT2D eigenvalue weighted by molar-refractivity contribution is -0.0313. The third-order valence-electron chi connectivity index (χ3n) is 8.82. The topological polar surface area (TPSA) is 196 Å². The molecule has 404 valence electrons. The Labute approximate surface area is 403 Å². The van der Waals surface area contributed by atoms with Gasteiger partial charge < -0.3 is 95.1 Å². The van der Waals surface area contributed by atoms with E-state index in [9.17, 15) is 0 Å². The number of aliphatic hydroxyl groups excluding tert-OH is 1. The van der Waals surface area contributed by atoms with Gasteiger partial charge in [0.1, 0.15) is 0 Å². The molecule has 20 heteroatoms. The summed E-state index contributed by atoms with van der Waals surface area (Å²) >= 11 is 0. The maximum absolute atomic E-state index is 8.60. The van der Waals surface area contributed by atoms with Gasteiger partial charge in [0.2, 0.25) is 0 Å². The van der Waals surface area contributed by atoms with E-state index in [0.29, 0.717) is 244 Å². The van der Waals surface area contributed by atoms with E-state index in [1.165, 1.54) is 38.5 Å². The Morgan fingerprint density at radius 2 is 0.299 bits per heavy atom. The van der Waals surface area contributed by atoms with Gasteiger partial charge in [0.15, 0.2) is 0 Å². The zero-order chi connectivity index (χ0) is 48.0. The molecule has 0 spiro atoms. The van der Waals surface area contributed by atoms with Gasteiger partial charge in [0.05, 0.1) is 251 Å². The molecule has 0 rings (SSSR count). The molecule has 0 aromatic heterocycles. The molecule has 0 aliphatic rings. The maximum Gasteiger partial charge on any atom is 0.0701 e. The second-order valence-corrected chi connectivity index (χ2v) is 14.5. The average Bonchev–Trinajstić information content (AvgIpc) is 3.34. The third kappa shape index (κ3) is 65.2. The van der Waals surface area contributed by atoms with Crippen molar-refractivity contribution in [2.24, 2.45) is 0 Å². The van der Waals surface area contributed by atoms with Gasteiger partial charge in [-0.3, -0.25) is 0 Å². The molecule has 0 aliphatic carbocycles. The highest BCUT2D eigenvalue weighted by atomic mass is 16.6. The Morgan fingerprint density at radius 3 is 0.463 bits per heavy atom. The van der Waals surface area contributed by atoms with Gasteiger partial charge in [-0.2, -0.15) is 0 Å². The lowest BCUT2D eigenvalue weighted by atomic mass is 10.1. The zero-order valence-corrected chi connectivity index (χ0v) is 41.7. The van der Waals surface area contributed by atoms with Crippen LogP contribution in [0.5, 0.6) is 0 Å². The summed E-state index contributed by atoms with van der Waals surface area (Å²) in [5.74, 6) is 0. The van der Waals surface area contributed by atoms with Crippen LogP contribution in [-0.4, -0.2) is 263 Å². The number of hydrogen-bond donors (Lipinski definition) is 1. The highest BCUT2D eigenvalue weighted by Gasteiger charge is 1.99. The van der Waals surface area contributed by atoms with Crippen molar-refractivity contribution < 1.29 is 95.1 Å². The molecule has 67 heavy (non-hydrogen) atoms. The van der Waals surface area contributed by atoms with Gasteiger partial charge in [0.25, 0.3) is 0 Å². The van der Waals surface area contributed by atoms with Crippen LogP contribution < -0.4 is 0 Å². The second-order valence-electron chi connectivity index (χ2n) is 14.5. The van der Waals surface area contributed by atoms with Crippen LogP contribution >= 0.6 is 0 Å². The molecular weight excluding hydrogens is 884 g/mol. The van der Waals surface area contributed by atoms with Crippen molar-refractivity contribution in [2.75, 3.05) is 258 Å². The SMILES string of the molecule is CCCCCCCCCOCCOCCOCCOCCOCCOCCOCCOCCOCCOCCOCCOCCOCCOCCOCCOCCOCCOCCOCCO. The minimum Gasteiger partial charge on any atom is -0.394 e. The molecule has 0 aromatic carbocycles. The molecule has 0 radical (unpaired) electrons. The fourth-order valence-electron chi connectivity index (χ4n) is 5.29. The van der Waals surface area contributed by atoms with Gasteiger partial charge in [0, 0.05) is 6.61 Å². The van der Waals surface area contributed by atoms with Crippen molar-refractivity contribution in [1.82, 2.24) is 0 Å². The molecule has 0 fully saturated rings. The van der Waals surface area contributed by atoms with Crippen molar-refractivity contribution in [1.29, 1.82) is 0 Å². The summed E-state index contributed by atoms with van der Waals surface area (Å²) in [6, 6.07) is 0. The molecule has 0 heterocycles. The molecule has 0 amide bonds. The molecule has 0 aliphatic heterocycles. The highest BCUT2D eigenvalue weighted by Crippen LogP contribution is 2.06. The van der Waals surface area contributed by atoms with Crippen LogP contribution in [-0.2, 0) is 90.0 Å². The molecule has 0 saturated carbocycles. The number of unbranched alkanes of at least 4 members (excludes halogenated alkanes) is 6. The Hall–Kier alpha value is -0.800. The number of aliphatic hydroxyl groups is 1. The largest absolute Gasteiger partial charge is 0.394 e. The predicted octanol–water partition coefficient (Wildman–Crippen LogP) is 3.04. The summed E-state index contributed by atoms with van der Waals surface area (Å²) in [6.07, 6.45) is 9.06. The minimum atomic E-state index is 0.0207. The summed E-state index contributed by atoms with van der Waals surface area (Å²) in [4.78, 5) is 0. The standard InChI is InChI=1S/C47H96O20/c1-2-3-4-5-6-7-8-10-49-12-14-51-16-18-53-20-22-55-24-26-57-28-30-59-32-34-61-36-38-63-40-42-65-44-46-67-47-45-66-43-41-64-39-37-62-35-33-60-31-29-58-27-25-56-23-21-54-19-17-52-15-13-50-11-9-48/h48H,2-47H2,1H3. The quantitative estimate of drug-likeness (QED) is 0.0873. The van der Waals surface area contributed by atoms with Crippen molar-refractivity contribution in [3.63, 3.8) is 0 Å². The predicted molar refractivity (Wildman–Crippen MR) is 251 cm³/mol. The van der Waals surface area contributed by atoms with Gasteiger partial charge in [-0.25, -0.2) is 0 Å². The van der Waals surface area contributed by atoms with Crippen LogP contribution in [0.2, 0.25) is 0 Å². The Morgan fingerprint density at radius 1 is 0.164 bits per heavy atom. The lowest BCUT2D eigenvalue weighted by Gasteiger charge is -2.09. The van der Waals surface area contributed by atoms with E-state index in [4.69, 9.17) is 95.1 Å². The summed E-state index contributed by atoms with van der Waals surface area (Å²) < 4.78 is 104. The van der Waals surface area contributed by atoms with Gasteiger partial charge >= 0.3 is 0 Å². The molecule has 0 saturated heterocycles. The van der Waals surface area contributed by atoms with E-state index >= 15 is 0 Å². The first kappa shape index (κ1) is 66.2. The summed E-state index contributed by atoms with van der Waals surface area (Å²) in [5, 5.41) is 8.60. The van der Waals surface area contributed by atoms with Crippen LogP contribution in [0.25, 0.3) is 0 Å². The molecule has 0 unspecified atom stereocenters. The molecular formula is C47H96O20. The fraction of sp³-hybridized carbons (Fsp3) is 1.00. The van der Waals surface area contributed by atoms with E-state index in [2.05, 4.69) is 6.92 Å². The highest BCUT2D eigenvalue weighted by molar-refractivity contribution is 4.46. The van der Waals surface area contributed by atoms with Crippen molar-refractivity contribution in [3.05, 3.63) is 0 Å². The van der Waals surface area contributed by atoms with Crippen LogP contribution in [0.15, 0.2) is 0 Å². The van der Waals surface area contributed by atoms with Gasteiger partial charge in [-0.1, -0.05) is 45.4 Å². The molecule has 1 N–H and O–H groups in total. The first-order valence-corrected chi connectivity index (χ1v) is 25.0. The minimum absolute atomic E-state index is 0.0207. The second kappa shape index (κ2) is 65.2. The first-order valence-electron chi connectivity index (χ1n) is 25.0. The monoisotopic (exact) mass is 981 g/mol. The average molecular weight is 981 g/mol. The first-order chi connectivity index (χ1) is 33.4. The number of hydrogen-bond acceptors (Lipinski definition) is 20. The van der Waals surface area contributed by atoms with E-state index in [0.717, 1.165) is 13.0 Å². The van der Waals surface area contributed by atoms with E-state index in [-0.39, 0.29) is 6.61 Å². The Kier molecular flexibility index (Phi) is 64.4. The molecule has 0 aromatic rings. The summed E-state index contributed by atoms with van der Waals surface area (Å²) in [5.41, 5.74) is 0. The number of ether oxygens (including phenoxy) is 19. The molecule has 20 nitrogen and oxygen atoms in total. The molecule has 0 atom stereocenters. The molecule has 0 bridgehead atoms. The van der Waals surface area contributed by atoms with Crippen LogP contribution in [0.3, 0.4) is 0 Å². The van der Waals surface area contributed by atoms with Gasteiger partial charge in [-0.05, 0) is 6.42 Å². The van der Waals surface area contributed by atoms with Crippen molar-refractivity contribution in [2.45, 2.75) is 51.9 Å². The van der Waals surface area contributed by atoms with E-state index in [1.54, 1.807) is 0 Å². The van der Waals surface area contributed by atoms with Crippen LogP contribution in [0.1, 0.15) is 51.9 Å². The normalized spacial score (nSPS) is 11.7. The van der Waals surface area contributed by atoms with E-state index < -0.39 is 0 Å². The third-order valence-corrected chi connectivity index (χ3v) is 8.82. The number of rotatable bonds is 64. The fourth-order valence-corrected chi connectivity index (χ4v) is 5.29. The van der Waals surface area contributed by atoms with Crippen molar-refractivity contribution >= 4 is 0 Å². The summed E-state index contributed by atoms with van der Waals surface area (Å²) in [7, 11) is 0. The maximum atomic E-state index is 8.60. The van der Waals surface area contributed by atoms with E-state index in [1.807, 2.05) is 0 Å². The zero-order valence-electron chi connectivity index (χ0n) is 41.7. The van der Waals surface area contributed by atoms with Crippen LogP contribution in [0, 0.1) is 0 Å². The summed E-state index contributed by atoms with van der Waals surface area (Å²) in [6.45, 7) is 21.7. The smallest absolute Gasteiger partial charge is 0.0701 e. The Balaban J connectivity index is 3.07. The van der Waals surface area contributed by atoms with Gasteiger partial charge in [-0.15, -0.1) is 0 Å². The van der Waals surface area contributed by atoms with Crippen LogP contribution in [0.4, 0.5) is 0 Å². The van der Waals surface area contributed by atoms with Crippen molar-refractivity contribution in [3.8, 4) is 0 Å².